The van der Waals surface area contributed by atoms with Gasteiger partial charge in [-0.3, -0.25) is 4.90 Å². The second-order valence-electron chi connectivity index (χ2n) is 9.53. The summed E-state index contributed by atoms with van der Waals surface area (Å²) in [5.41, 5.74) is 12.4. The van der Waals surface area contributed by atoms with E-state index in [1.807, 2.05) is 0 Å². The van der Waals surface area contributed by atoms with Gasteiger partial charge in [0.1, 0.15) is 0 Å². The fourth-order valence-electron chi connectivity index (χ4n) is 5.87. The van der Waals surface area contributed by atoms with E-state index < -0.39 is 0 Å². The summed E-state index contributed by atoms with van der Waals surface area (Å²) >= 11 is 0. The predicted molar refractivity (Wildman–Crippen MR) is 109 cm³/mol. The molecule has 0 amide bonds. The van der Waals surface area contributed by atoms with Gasteiger partial charge in [-0.2, -0.15) is 0 Å². The Bertz CT molecular complexity index is 944. The summed E-state index contributed by atoms with van der Waals surface area (Å²) in [6.45, 7) is 11.6. The summed E-state index contributed by atoms with van der Waals surface area (Å²) in [5, 5.41) is 0. The summed E-state index contributed by atoms with van der Waals surface area (Å²) < 4.78 is 0. The molecule has 2 heteroatoms. The lowest BCUT2D eigenvalue weighted by molar-refractivity contribution is 0.308. The average molecular weight is 347 g/mol. The Labute approximate surface area is 157 Å². The third-order valence-electron chi connectivity index (χ3n) is 7.66. The largest absolute Gasteiger partial charge is 0.361 e. The van der Waals surface area contributed by atoms with E-state index in [0.717, 1.165) is 13.2 Å². The molecule has 1 heterocycles. The van der Waals surface area contributed by atoms with Gasteiger partial charge in [-0.25, -0.2) is 0 Å². The van der Waals surface area contributed by atoms with Crippen LogP contribution in [0.4, 0.5) is 5.69 Å². The fourth-order valence-corrected chi connectivity index (χ4v) is 5.87. The lowest BCUT2D eigenvalue weighted by atomic mass is 9.50. The van der Waals surface area contributed by atoms with Gasteiger partial charge in [0.15, 0.2) is 0 Å². The summed E-state index contributed by atoms with van der Waals surface area (Å²) in [6, 6.07) is 10.1. The summed E-state index contributed by atoms with van der Waals surface area (Å²) in [5.74, 6) is 0. The van der Waals surface area contributed by atoms with Crippen LogP contribution >= 0.6 is 0 Å². The van der Waals surface area contributed by atoms with E-state index in [1.54, 1.807) is 22.3 Å². The van der Waals surface area contributed by atoms with Crippen LogP contribution in [0.3, 0.4) is 0 Å². The molecule has 2 aromatic carbocycles. The number of anilines is 1. The molecule has 26 heavy (non-hydrogen) atoms. The van der Waals surface area contributed by atoms with Crippen molar-refractivity contribution < 1.29 is 0 Å². The van der Waals surface area contributed by atoms with Gasteiger partial charge in [0.2, 0.25) is 0 Å². The molecule has 3 aliphatic carbocycles. The van der Waals surface area contributed by atoms with Crippen molar-refractivity contribution in [2.24, 2.45) is 0 Å². The zero-order valence-corrected chi connectivity index (χ0v) is 17.0. The van der Waals surface area contributed by atoms with Crippen LogP contribution in [-0.4, -0.2) is 25.7 Å². The Morgan fingerprint density at radius 1 is 0.769 bits per heavy atom. The molecule has 0 spiro atoms. The molecule has 4 aliphatic rings. The summed E-state index contributed by atoms with van der Waals surface area (Å²) in [7, 11) is 4.45. The number of benzene rings is 2. The Morgan fingerprint density at radius 2 is 1.27 bits per heavy atom. The average Bonchev–Trinajstić information content (AvgIpc) is 2.58. The molecule has 136 valence electrons. The first kappa shape index (κ1) is 16.4. The van der Waals surface area contributed by atoms with Crippen LogP contribution in [0.25, 0.3) is 0 Å². The maximum absolute atomic E-state index is 2.55. The minimum atomic E-state index is 0.153. The lowest BCUT2D eigenvalue weighted by Gasteiger charge is -2.54. The van der Waals surface area contributed by atoms with Crippen LogP contribution in [0, 0.1) is 13.8 Å². The third kappa shape index (κ3) is 1.86. The van der Waals surface area contributed by atoms with Crippen LogP contribution in [0.2, 0.25) is 0 Å². The summed E-state index contributed by atoms with van der Waals surface area (Å²) in [4.78, 5) is 4.82. The molecule has 0 saturated heterocycles. The highest BCUT2D eigenvalue weighted by molar-refractivity contribution is 5.69. The minimum Gasteiger partial charge on any atom is -0.361 e. The molecular weight excluding hydrogens is 316 g/mol. The smallest absolute Gasteiger partial charge is 0.0704 e. The SMILES string of the molecule is Cc1cc2c(cc1C)C1(C)CCC2(C)c2cc3c(cc21)N(C)CN(C)C3. The Balaban J connectivity index is 1.82. The highest BCUT2D eigenvalue weighted by Crippen LogP contribution is 2.60. The molecule has 0 radical (unpaired) electrons. The van der Waals surface area contributed by atoms with E-state index in [-0.39, 0.29) is 10.8 Å². The molecular formula is C24H30N2. The van der Waals surface area contributed by atoms with E-state index in [2.05, 4.69) is 75.9 Å². The molecule has 2 bridgehead atoms. The normalized spacial score (nSPS) is 29.4. The maximum atomic E-state index is 2.55. The quantitative estimate of drug-likeness (QED) is 0.672. The van der Waals surface area contributed by atoms with Crippen molar-refractivity contribution in [2.75, 3.05) is 25.7 Å². The Kier molecular flexibility index (Phi) is 3.10. The molecule has 2 unspecified atom stereocenters. The van der Waals surface area contributed by atoms with E-state index in [4.69, 9.17) is 0 Å². The van der Waals surface area contributed by atoms with Gasteiger partial charge in [0.25, 0.3) is 0 Å². The second kappa shape index (κ2) is 4.92. The number of hydrogen-bond donors (Lipinski definition) is 0. The van der Waals surface area contributed by atoms with Crippen molar-refractivity contribution >= 4 is 5.69 Å². The van der Waals surface area contributed by atoms with Crippen molar-refractivity contribution in [3.8, 4) is 0 Å². The maximum Gasteiger partial charge on any atom is 0.0704 e. The molecule has 1 aliphatic heterocycles. The summed E-state index contributed by atoms with van der Waals surface area (Å²) in [6.07, 6.45) is 2.52. The van der Waals surface area contributed by atoms with Gasteiger partial charge in [-0.1, -0.05) is 32.0 Å². The van der Waals surface area contributed by atoms with E-state index >= 15 is 0 Å². The highest BCUT2D eigenvalue weighted by Gasteiger charge is 2.52. The van der Waals surface area contributed by atoms with E-state index in [9.17, 15) is 0 Å². The molecule has 0 N–H and O–H groups in total. The first-order valence-corrected chi connectivity index (χ1v) is 9.94. The van der Waals surface area contributed by atoms with Gasteiger partial charge < -0.3 is 4.90 Å². The number of rotatable bonds is 0. The zero-order chi connectivity index (χ0) is 18.4. The molecule has 0 saturated carbocycles. The molecule has 6 rings (SSSR count). The third-order valence-corrected chi connectivity index (χ3v) is 7.66. The Hall–Kier alpha value is -1.80. The molecule has 2 nitrogen and oxygen atoms in total. The molecule has 0 aromatic heterocycles. The van der Waals surface area contributed by atoms with Crippen molar-refractivity contribution in [1.82, 2.24) is 4.90 Å². The van der Waals surface area contributed by atoms with Gasteiger partial charge in [0, 0.05) is 30.1 Å². The van der Waals surface area contributed by atoms with Gasteiger partial charge >= 0.3 is 0 Å². The number of nitrogens with zero attached hydrogens (tertiary/aromatic N) is 2. The number of fused-ring (bicyclic) bond motifs is 2. The van der Waals surface area contributed by atoms with E-state index in [0.29, 0.717) is 0 Å². The number of aryl methyl sites for hydroxylation is 2. The first-order valence-electron chi connectivity index (χ1n) is 9.94. The van der Waals surface area contributed by atoms with Crippen LogP contribution in [0.5, 0.6) is 0 Å². The predicted octanol–water partition coefficient (Wildman–Crippen LogP) is 4.86. The lowest BCUT2D eigenvalue weighted by Crippen LogP contribution is -2.47. The molecule has 2 atom stereocenters. The minimum absolute atomic E-state index is 0.153. The molecule has 2 aromatic rings. The topological polar surface area (TPSA) is 6.48 Å². The highest BCUT2D eigenvalue weighted by atomic mass is 15.3. The van der Waals surface area contributed by atoms with Crippen LogP contribution < -0.4 is 4.90 Å². The van der Waals surface area contributed by atoms with Crippen molar-refractivity contribution in [3.63, 3.8) is 0 Å². The van der Waals surface area contributed by atoms with Gasteiger partial charge in [0.05, 0.1) is 6.67 Å². The Morgan fingerprint density at radius 3 is 1.85 bits per heavy atom. The number of hydrogen-bond acceptors (Lipinski definition) is 2. The first-order chi connectivity index (χ1) is 12.2. The van der Waals surface area contributed by atoms with Crippen LogP contribution in [-0.2, 0) is 17.4 Å². The van der Waals surface area contributed by atoms with Crippen molar-refractivity contribution in [3.05, 3.63) is 63.2 Å². The van der Waals surface area contributed by atoms with Gasteiger partial charge in [-0.05, 0) is 78.7 Å². The standard InChI is InChI=1S/C24H30N2/c1-15-9-18-19(10-16(15)2)24(4)8-7-23(18,3)20-11-17-13-25(5)14-26(6)22(17)12-21(20)24/h9-12H,7-8,13-14H2,1-6H3. The van der Waals surface area contributed by atoms with Crippen molar-refractivity contribution in [2.45, 2.75) is 57.9 Å². The van der Waals surface area contributed by atoms with Crippen LogP contribution in [0.1, 0.15) is 65.6 Å². The monoisotopic (exact) mass is 346 g/mol. The second-order valence-corrected chi connectivity index (χ2v) is 9.53. The van der Waals surface area contributed by atoms with Crippen molar-refractivity contribution in [1.29, 1.82) is 0 Å². The fraction of sp³-hybridized carbons (Fsp3) is 0.500. The zero-order valence-electron chi connectivity index (χ0n) is 17.0. The van der Waals surface area contributed by atoms with Gasteiger partial charge in [-0.15, -0.1) is 0 Å². The van der Waals surface area contributed by atoms with Crippen LogP contribution in [0.15, 0.2) is 24.3 Å². The molecule has 0 fully saturated rings. The van der Waals surface area contributed by atoms with E-state index in [1.165, 1.54) is 35.2 Å².